The lowest BCUT2D eigenvalue weighted by atomic mass is 10.2. The summed E-state index contributed by atoms with van der Waals surface area (Å²) in [7, 11) is 0. The first kappa shape index (κ1) is 15.8. The lowest BCUT2D eigenvalue weighted by molar-refractivity contribution is 0.617. The average molecular weight is 321 g/mol. The van der Waals surface area contributed by atoms with Crippen LogP contribution in [-0.4, -0.2) is 15.0 Å². The maximum atomic E-state index is 13.8. The van der Waals surface area contributed by atoms with Gasteiger partial charge in [0.1, 0.15) is 5.83 Å². The molecule has 2 aromatic heterocycles. The molecule has 1 N–H and O–H groups in total. The van der Waals surface area contributed by atoms with E-state index in [2.05, 4.69) is 33.4 Å². The summed E-state index contributed by atoms with van der Waals surface area (Å²) in [6.45, 7) is 6.62. The second kappa shape index (κ2) is 6.91. The third-order valence-corrected chi connectivity index (χ3v) is 2.63. The van der Waals surface area contributed by atoms with Gasteiger partial charge in [-0.05, 0) is 18.2 Å². The second-order valence-electron chi connectivity index (χ2n) is 4.16. The van der Waals surface area contributed by atoms with Crippen LogP contribution in [0, 0.1) is 5.82 Å². The van der Waals surface area contributed by atoms with Gasteiger partial charge in [0.2, 0.25) is 0 Å². The van der Waals surface area contributed by atoms with Crippen molar-refractivity contribution in [2.24, 2.45) is 0 Å². The van der Waals surface area contributed by atoms with E-state index in [0.29, 0.717) is 5.69 Å². The fourth-order valence-electron chi connectivity index (χ4n) is 1.58. The van der Waals surface area contributed by atoms with Crippen molar-refractivity contribution in [2.75, 3.05) is 5.32 Å². The predicted molar refractivity (Wildman–Crippen MR) is 82.7 cm³/mol. The van der Waals surface area contributed by atoms with Crippen molar-refractivity contribution in [1.82, 2.24) is 15.0 Å². The number of rotatable bonds is 5. The Kier molecular flexibility index (Phi) is 4.95. The Hall–Kier alpha value is -2.60. The van der Waals surface area contributed by atoms with Crippen molar-refractivity contribution >= 4 is 28.7 Å². The molecule has 0 aliphatic heterocycles. The number of hydrogen-bond donors (Lipinski definition) is 1. The molecule has 7 heteroatoms. The molecule has 0 amide bonds. The summed E-state index contributed by atoms with van der Waals surface area (Å²) in [5, 5.41) is 2.83. The zero-order valence-electron chi connectivity index (χ0n) is 11.4. The Morgan fingerprint density at radius 1 is 1.27 bits per heavy atom. The summed E-state index contributed by atoms with van der Waals surface area (Å²) in [5.41, 5.74) is 0.502. The van der Waals surface area contributed by atoms with Crippen molar-refractivity contribution in [3.63, 3.8) is 0 Å². The number of halogens is 3. The highest BCUT2D eigenvalue weighted by Gasteiger charge is 2.13. The van der Waals surface area contributed by atoms with Crippen LogP contribution in [0.4, 0.5) is 20.3 Å². The van der Waals surface area contributed by atoms with Crippen LogP contribution in [0.3, 0.4) is 0 Å². The predicted octanol–water partition coefficient (Wildman–Crippen LogP) is 4.37. The largest absolute Gasteiger partial charge is 0.338 e. The maximum absolute atomic E-state index is 13.8. The first-order valence-corrected chi connectivity index (χ1v) is 6.46. The molecule has 2 aromatic rings. The number of anilines is 2. The van der Waals surface area contributed by atoms with Crippen LogP contribution in [-0.2, 0) is 0 Å². The van der Waals surface area contributed by atoms with Crippen molar-refractivity contribution in [1.29, 1.82) is 0 Å². The zero-order valence-corrected chi connectivity index (χ0v) is 12.1. The Labute approximate surface area is 130 Å². The molecule has 0 saturated heterocycles. The van der Waals surface area contributed by atoms with E-state index in [-0.39, 0.29) is 22.2 Å². The Balaban J connectivity index is 2.41. The fourth-order valence-corrected chi connectivity index (χ4v) is 1.69. The number of hydrogen-bond acceptors (Lipinski definition) is 4. The number of allylic oxidation sites excluding steroid dienone is 4. The molecule has 4 nitrogen and oxygen atoms in total. The SMILES string of the molecule is C=C(Cl)/C=C(\C(=C)F)c1ncc(F)c(Nc2ccncc2)n1. The van der Waals surface area contributed by atoms with E-state index in [1.54, 1.807) is 12.1 Å². The summed E-state index contributed by atoms with van der Waals surface area (Å²) in [6, 6.07) is 3.26. The maximum Gasteiger partial charge on any atom is 0.184 e. The molecule has 22 heavy (non-hydrogen) atoms. The molecule has 0 aromatic carbocycles. The molecule has 0 fully saturated rings. The van der Waals surface area contributed by atoms with E-state index in [0.717, 1.165) is 6.20 Å². The Bertz CT molecular complexity index is 744. The number of aromatic nitrogens is 3. The van der Waals surface area contributed by atoms with Crippen molar-refractivity contribution in [3.8, 4) is 0 Å². The minimum absolute atomic E-state index is 0.0627. The van der Waals surface area contributed by atoms with Gasteiger partial charge in [-0.15, -0.1) is 0 Å². The van der Waals surface area contributed by atoms with Gasteiger partial charge in [0.15, 0.2) is 17.5 Å². The second-order valence-corrected chi connectivity index (χ2v) is 4.65. The first-order chi connectivity index (χ1) is 10.5. The Morgan fingerprint density at radius 3 is 2.55 bits per heavy atom. The summed E-state index contributed by atoms with van der Waals surface area (Å²) < 4.78 is 27.3. The molecule has 0 aliphatic carbocycles. The third kappa shape index (κ3) is 3.95. The summed E-state index contributed by atoms with van der Waals surface area (Å²) in [4.78, 5) is 11.6. The molecular formula is C15H11ClF2N4. The molecule has 0 unspecified atom stereocenters. The van der Waals surface area contributed by atoms with Crippen LogP contribution < -0.4 is 5.32 Å². The first-order valence-electron chi connectivity index (χ1n) is 6.08. The van der Waals surface area contributed by atoms with Gasteiger partial charge < -0.3 is 5.32 Å². The van der Waals surface area contributed by atoms with E-state index in [1.165, 1.54) is 18.5 Å². The van der Waals surface area contributed by atoms with Crippen LogP contribution in [0.1, 0.15) is 5.82 Å². The van der Waals surface area contributed by atoms with Crippen molar-refractivity contribution in [3.05, 3.63) is 72.5 Å². The average Bonchev–Trinajstić information content (AvgIpc) is 2.48. The molecule has 0 aliphatic rings. The van der Waals surface area contributed by atoms with Gasteiger partial charge in [-0.3, -0.25) is 4.98 Å². The van der Waals surface area contributed by atoms with Crippen LogP contribution in [0.15, 0.2) is 60.8 Å². The van der Waals surface area contributed by atoms with Crippen LogP contribution in [0.2, 0.25) is 0 Å². The van der Waals surface area contributed by atoms with E-state index in [9.17, 15) is 8.78 Å². The number of nitrogens with one attached hydrogen (secondary N) is 1. The molecule has 112 valence electrons. The number of pyridine rings is 1. The minimum Gasteiger partial charge on any atom is -0.338 e. The molecule has 0 radical (unpaired) electrons. The van der Waals surface area contributed by atoms with Gasteiger partial charge in [-0.2, -0.15) is 0 Å². The van der Waals surface area contributed by atoms with Gasteiger partial charge in [-0.1, -0.05) is 24.8 Å². The van der Waals surface area contributed by atoms with E-state index in [1.807, 2.05) is 0 Å². The highest BCUT2D eigenvalue weighted by atomic mass is 35.5. The molecule has 0 spiro atoms. The normalized spacial score (nSPS) is 11.1. The summed E-state index contributed by atoms with van der Waals surface area (Å²) in [5.74, 6) is -1.66. The Morgan fingerprint density at radius 2 is 1.95 bits per heavy atom. The molecule has 0 bridgehead atoms. The minimum atomic E-state index is -0.803. The van der Waals surface area contributed by atoms with Crippen molar-refractivity contribution in [2.45, 2.75) is 0 Å². The molecule has 0 atom stereocenters. The quantitative estimate of drug-likeness (QED) is 0.831. The van der Waals surface area contributed by atoms with Gasteiger partial charge in [0.25, 0.3) is 0 Å². The highest BCUT2D eigenvalue weighted by Crippen LogP contribution is 2.25. The summed E-state index contributed by atoms with van der Waals surface area (Å²) in [6.07, 6.45) is 5.22. The smallest absolute Gasteiger partial charge is 0.184 e. The van der Waals surface area contributed by atoms with Gasteiger partial charge in [0.05, 0.1) is 11.8 Å². The monoisotopic (exact) mass is 320 g/mol. The topological polar surface area (TPSA) is 50.7 Å². The third-order valence-electron chi connectivity index (χ3n) is 2.52. The van der Waals surface area contributed by atoms with Gasteiger partial charge >= 0.3 is 0 Å². The molecule has 0 saturated carbocycles. The van der Waals surface area contributed by atoms with Crippen LogP contribution in [0.25, 0.3) is 5.57 Å². The van der Waals surface area contributed by atoms with E-state index >= 15 is 0 Å². The lowest BCUT2D eigenvalue weighted by Gasteiger charge is -2.09. The highest BCUT2D eigenvalue weighted by molar-refractivity contribution is 6.31. The fraction of sp³-hybridized carbons (Fsp3) is 0. The lowest BCUT2D eigenvalue weighted by Crippen LogP contribution is -2.03. The van der Waals surface area contributed by atoms with E-state index < -0.39 is 11.6 Å². The summed E-state index contributed by atoms with van der Waals surface area (Å²) >= 11 is 5.64. The van der Waals surface area contributed by atoms with Crippen LogP contribution >= 0.6 is 11.6 Å². The standard InChI is InChI=1S/C15H11ClF2N4/c1-9(16)7-12(10(2)17)14-20-8-13(18)15(22-14)21-11-3-5-19-6-4-11/h3-8H,1-2H2,(H,19,20,21,22)/b12-7+. The van der Waals surface area contributed by atoms with Crippen LogP contribution in [0.5, 0.6) is 0 Å². The molecule has 2 heterocycles. The van der Waals surface area contributed by atoms with Gasteiger partial charge in [0, 0.05) is 23.1 Å². The molecular weight excluding hydrogens is 310 g/mol. The van der Waals surface area contributed by atoms with Gasteiger partial charge in [-0.25, -0.2) is 18.7 Å². The number of nitrogens with zero attached hydrogens (tertiary/aromatic N) is 3. The van der Waals surface area contributed by atoms with E-state index in [4.69, 9.17) is 11.6 Å². The zero-order chi connectivity index (χ0) is 16.1. The van der Waals surface area contributed by atoms with Crippen molar-refractivity contribution < 1.29 is 8.78 Å². The molecule has 2 rings (SSSR count).